The van der Waals surface area contributed by atoms with Crippen molar-refractivity contribution in [2.45, 2.75) is 51.7 Å². The van der Waals surface area contributed by atoms with Gasteiger partial charge in [-0.2, -0.15) is 5.26 Å². The fourth-order valence-corrected chi connectivity index (χ4v) is 9.39. The Morgan fingerprint density at radius 3 is 1.97 bits per heavy atom. The van der Waals surface area contributed by atoms with Crippen LogP contribution in [0.25, 0.3) is 17.2 Å². The minimum atomic E-state index is -0.347. The molecule has 0 saturated carbocycles. The minimum Gasteiger partial charge on any atom is -0.378 e. The van der Waals surface area contributed by atoms with Gasteiger partial charge in [-0.25, -0.2) is 4.98 Å². The van der Waals surface area contributed by atoms with E-state index in [0.717, 1.165) is 58.5 Å². The van der Waals surface area contributed by atoms with E-state index >= 15 is 0 Å². The average Bonchev–Trinajstić information content (AvgIpc) is 3.82. The minimum absolute atomic E-state index is 0.00229. The first-order valence-electron chi connectivity index (χ1n) is 24.5. The Hall–Kier alpha value is -6.49. The number of halogens is 1. The van der Waals surface area contributed by atoms with Crippen LogP contribution in [0.2, 0.25) is 5.02 Å². The number of hydrogen-bond donors (Lipinski definition) is 3. The van der Waals surface area contributed by atoms with Crippen molar-refractivity contribution in [1.29, 1.82) is 5.26 Å². The van der Waals surface area contributed by atoms with Crippen molar-refractivity contribution in [3.8, 4) is 17.2 Å². The molecule has 7 rings (SSSR count). The third-order valence-electron chi connectivity index (χ3n) is 12.3. The molecule has 0 saturated heterocycles. The van der Waals surface area contributed by atoms with E-state index in [4.69, 9.17) is 35.3 Å². The second-order valence-electron chi connectivity index (χ2n) is 17.5. The van der Waals surface area contributed by atoms with Gasteiger partial charge in [0, 0.05) is 78.2 Å². The van der Waals surface area contributed by atoms with Crippen LogP contribution in [-0.4, -0.2) is 125 Å². The van der Waals surface area contributed by atoms with Gasteiger partial charge >= 0.3 is 0 Å². The number of aryl methyl sites for hydroxylation is 1. The summed E-state index contributed by atoms with van der Waals surface area (Å²) in [6, 6.07) is 28.8. The number of rotatable bonds is 25. The van der Waals surface area contributed by atoms with Crippen molar-refractivity contribution in [3.63, 3.8) is 0 Å². The lowest BCUT2D eigenvalue weighted by Gasteiger charge is -2.39. The zero-order valence-electron chi connectivity index (χ0n) is 41.2. The smallest absolute Gasteiger partial charge is 0.264 e. The van der Waals surface area contributed by atoms with Crippen LogP contribution in [-0.2, 0) is 46.2 Å². The summed E-state index contributed by atoms with van der Waals surface area (Å²) in [6.45, 7) is 8.99. The first-order chi connectivity index (χ1) is 35.6. The summed E-state index contributed by atoms with van der Waals surface area (Å²) < 4.78 is 28.0. The van der Waals surface area contributed by atoms with Crippen molar-refractivity contribution in [3.05, 3.63) is 140 Å². The summed E-state index contributed by atoms with van der Waals surface area (Å²) in [6.07, 6.45) is 5.42. The van der Waals surface area contributed by atoms with Gasteiger partial charge in [-0.15, -0.1) is 11.3 Å². The number of nitriles is 1. The highest BCUT2D eigenvalue weighted by Gasteiger charge is 2.33. The molecule has 0 radical (unpaired) electrons. The predicted octanol–water partition coefficient (Wildman–Crippen LogP) is 7.89. The van der Waals surface area contributed by atoms with E-state index < -0.39 is 0 Å². The third kappa shape index (κ3) is 16.0. The van der Waals surface area contributed by atoms with Crippen LogP contribution in [0.3, 0.4) is 0 Å². The number of ether oxygens (including phenoxy) is 5. The highest BCUT2D eigenvalue weighted by Crippen LogP contribution is 2.41. The van der Waals surface area contributed by atoms with Crippen molar-refractivity contribution in [2.75, 3.05) is 95.9 Å². The number of nitrogens with zero attached hydrogens (tertiary/aromatic N) is 4. The van der Waals surface area contributed by atoms with E-state index in [1.54, 1.807) is 29.5 Å². The fourth-order valence-electron chi connectivity index (χ4n) is 8.70. The highest BCUT2D eigenvalue weighted by molar-refractivity contribution is 7.10. The number of hydrogen-bond acceptors (Lipinski definition) is 13. The largest absolute Gasteiger partial charge is 0.378 e. The number of aromatic nitrogens is 1. The van der Waals surface area contributed by atoms with Crippen LogP contribution < -0.4 is 20.9 Å². The number of nitrogens with one attached hydrogen (secondary N) is 3. The van der Waals surface area contributed by atoms with Gasteiger partial charge in [-0.3, -0.25) is 19.2 Å². The zero-order valence-corrected chi connectivity index (χ0v) is 42.8. The fraction of sp³-hybridized carbons (Fsp3) is 0.382. The molecular formula is C55H62ClN7O9S. The molecule has 0 spiro atoms. The van der Waals surface area contributed by atoms with Gasteiger partial charge in [0.1, 0.15) is 16.6 Å². The lowest BCUT2D eigenvalue weighted by Crippen LogP contribution is -2.43. The number of anilines is 2. The van der Waals surface area contributed by atoms with Crippen molar-refractivity contribution in [1.82, 2.24) is 20.5 Å². The molecule has 4 aromatic carbocycles. The molecule has 0 bridgehead atoms. The van der Waals surface area contributed by atoms with E-state index in [1.807, 2.05) is 83.8 Å². The number of amides is 4. The van der Waals surface area contributed by atoms with Crippen LogP contribution in [0.15, 0.2) is 102 Å². The maximum atomic E-state index is 13.2. The summed E-state index contributed by atoms with van der Waals surface area (Å²) in [5.41, 5.74) is 7.85. The van der Waals surface area contributed by atoms with Crippen molar-refractivity contribution >= 4 is 64.0 Å². The molecule has 2 aliphatic heterocycles. The van der Waals surface area contributed by atoms with E-state index in [1.165, 1.54) is 17.4 Å². The number of carbonyl (C=O) groups is 4. The van der Waals surface area contributed by atoms with Gasteiger partial charge in [-0.1, -0.05) is 35.9 Å². The Morgan fingerprint density at radius 1 is 0.767 bits per heavy atom. The molecular weight excluding hydrogens is 970 g/mol. The SMILES string of the molecule is CC(=O)N1c2ccc(-c3ccc(C(=O)NCCOCCOCCOCCOCCOCCNC(=O)c4ccc5c(c4)CN(C(=O)/C(C#N)=C/c4nccs4)CCC5)cc3)cc2[C@H](Nc2ccc(Cl)cc2)C[C@@H]1C. The molecule has 4 amide bonds. The summed E-state index contributed by atoms with van der Waals surface area (Å²) >= 11 is 7.48. The molecule has 5 aromatic rings. The number of thiazole rings is 1. The van der Waals surface area contributed by atoms with Gasteiger partial charge < -0.3 is 49.4 Å². The summed E-state index contributed by atoms with van der Waals surface area (Å²) in [4.78, 5) is 59.4. The monoisotopic (exact) mass is 1030 g/mol. The number of carbonyl (C=O) groups excluding carboxylic acids is 4. The Morgan fingerprint density at radius 2 is 1.37 bits per heavy atom. The lowest BCUT2D eigenvalue weighted by atomic mass is 9.88. The molecule has 384 valence electrons. The lowest BCUT2D eigenvalue weighted by molar-refractivity contribution is -0.127. The van der Waals surface area contributed by atoms with Gasteiger partial charge in [-0.05, 0) is 121 Å². The molecule has 2 aliphatic rings. The molecule has 16 nitrogen and oxygen atoms in total. The van der Waals surface area contributed by atoms with Crippen LogP contribution in [0, 0.1) is 11.3 Å². The molecule has 1 aromatic heterocycles. The summed E-state index contributed by atoms with van der Waals surface area (Å²) in [5, 5.41) is 22.1. The van der Waals surface area contributed by atoms with Crippen molar-refractivity contribution < 1.29 is 42.9 Å². The number of benzene rings is 4. The van der Waals surface area contributed by atoms with Crippen LogP contribution in [0.4, 0.5) is 11.4 Å². The zero-order chi connectivity index (χ0) is 51.4. The Labute approximate surface area is 435 Å². The summed E-state index contributed by atoms with van der Waals surface area (Å²) in [5.74, 6) is -0.769. The van der Waals surface area contributed by atoms with Gasteiger partial charge in [0.05, 0.1) is 72.1 Å². The Balaban J connectivity index is 0.688. The van der Waals surface area contributed by atoms with Crippen molar-refractivity contribution in [2.24, 2.45) is 0 Å². The molecule has 0 unspecified atom stereocenters. The number of fused-ring (bicyclic) bond motifs is 2. The predicted molar refractivity (Wildman–Crippen MR) is 282 cm³/mol. The molecule has 3 N–H and O–H groups in total. The quantitative estimate of drug-likeness (QED) is 0.0291. The van der Waals surface area contributed by atoms with E-state index in [-0.39, 0.29) is 41.3 Å². The second kappa shape index (κ2) is 28.1. The van der Waals surface area contributed by atoms with Crippen LogP contribution in [0.5, 0.6) is 0 Å². The van der Waals surface area contributed by atoms with Gasteiger partial charge in [0.15, 0.2) is 0 Å². The highest BCUT2D eigenvalue weighted by atomic mass is 35.5. The van der Waals surface area contributed by atoms with Crippen LogP contribution >= 0.6 is 22.9 Å². The van der Waals surface area contributed by atoms with Gasteiger partial charge in [0.2, 0.25) is 5.91 Å². The normalized spacial score (nSPS) is 15.4. The molecule has 18 heteroatoms. The topological polar surface area (TPSA) is 194 Å². The van der Waals surface area contributed by atoms with E-state index in [2.05, 4.69) is 33.9 Å². The first kappa shape index (κ1) is 54.3. The molecule has 0 fully saturated rings. The average molecular weight is 1030 g/mol. The molecule has 2 atom stereocenters. The molecule has 3 heterocycles. The van der Waals surface area contributed by atoms with E-state index in [0.29, 0.717) is 113 Å². The molecule has 73 heavy (non-hydrogen) atoms. The second-order valence-corrected chi connectivity index (χ2v) is 18.8. The first-order valence-corrected chi connectivity index (χ1v) is 25.8. The van der Waals surface area contributed by atoms with Crippen LogP contribution in [0.1, 0.15) is 75.1 Å². The summed E-state index contributed by atoms with van der Waals surface area (Å²) in [7, 11) is 0. The maximum Gasteiger partial charge on any atom is 0.264 e. The third-order valence-corrected chi connectivity index (χ3v) is 13.3. The van der Waals surface area contributed by atoms with E-state index in [9.17, 15) is 24.4 Å². The maximum absolute atomic E-state index is 13.2. The van der Waals surface area contributed by atoms with Gasteiger partial charge in [0.25, 0.3) is 17.7 Å². The standard InChI is InChI=1S/C55H62ClN7O9S/c1-38-32-50(61-48-14-12-47(56)13-15-48)49-34-43(11-16-51(49)63(38)39(2)64)41-5-8-42(9-6-41)53(65)59-17-21-68-23-25-70-27-29-72-30-28-71-26-24-69-22-18-60-54(66)44-10-7-40-4-3-20-62(37-46(40)33-44)55(67)45(36-57)35-52-58-19-31-73-52/h5-16,19,31,33-35,38,50,61H,3-4,17-18,20-30,32,37H2,1-2H3,(H,59,65)(H,60,66)/b45-35+/t38-,50+/m0/s1. The Kier molecular flexibility index (Phi) is 20.9. The molecule has 0 aliphatic carbocycles. The Bertz CT molecular complexity index is 2700.